The molecule has 0 unspecified atom stereocenters. The van der Waals surface area contributed by atoms with Gasteiger partial charge in [0.25, 0.3) is 0 Å². The fourth-order valence-electron chi connectivity index (χ4n) is 6.61. The van der Waals surface area contributed by atoms with Crippen LogP contribution in [0.15, 0.2) is 18.2 Å². The summed E-state index contributed by atoms with van der Waals surface area (Å²) in [4.78, 5) is 17.8. The number of Topliss-reactive ketones (excluding diaryl/α,β-unsaturated/α-hetero) is 1. The molecule has 182 valence electrons. The fraction of sp³-hybridized carbons (Fsp3) is 0.750. The first-order chi connectivity index (χ1) is 16.2. The standard InChI is InChI=1S/C28H42N2O3/c1-29-14-10-24(11-15-29)26(31)19-22-7-5-21(6-8-22)9-16-30-17-12-23(13-18-30)25-3-2-4-27-28(25)33-20-32-27/h2-4,21-24H,5-20H2,1H3. The van der Waals surface area contributed by atoms with E-state index in [1.807, 2.05) is 6.07 Å². The van der Waals surface area contributed by atoms with E-state index in [-0.39, 0.29) is 0 Å². The van der Waals surface area contributed by atoms with Crippen molar-refractivity contribution in [1.29, 1.82) is 0 Å². The molecule has 3 aliphatic heterocycles. The maximum absolute atomic E-state index is 12.7. The van der Waals surface area contributed by atoms with Gasteiger partial charge >= 0.3 is 0 Å². The van der Waals surface area contributed by atoms with E-state index >= 15 is 0 Å². The summed E-state index contributed by atoms with van der Waals surface area (Å²) in [5.41, 5.74) is 1.35. The summed E-state index contributed by atoms with van der Waals surface area (Å²) in [6.45, 7) is 6.17. The highest BCUT2D eigenvalue weighted by Crippen LogP contribution is 2.42. The summed E-state index contributed by atoms with van der Waals surface area (Å²) in [5.74, 6) is 4.92. The van der Waals surface area contributed by atoms with E-state index in [9.17, 15) is 4.79 Å². The van der Waals surface area contributed by atoms with E-state index in [1.54, 1.807) is 0 Å². The minimum absolute atomic E-state index is 0.345. The average molecular weight is 455 g/mol. The van der Waals surface area contributed by atoms with Gasteiger partial charge in [-0.25, -0.2) is 0 Å². The minimum Gasteiger partial charge on any atom is -0.454 e. The Hall–Kier alpha value is -1.59. The van der Waals surface area contributed by atoms with Crippen molar-refractivity contribution in [2.75, 3.05) is 46.6 Å². The largest absolute Gasteiger partial charge is 0.454 e. The Bertz CT molecular complexity index is 788. The molecule has 5 nitrogen and oxygen atoms in total. The molecular formula is C28H42N2O3. The van der Waals surface area contributed by atoms with E-state index in [0.29, 0.717) is 30.3 Å². The van der Waals surface area contributed by atoms with Crippen LogP contribution in [0.4, 0.5) is 0 Å². The maximum Gasteiger partial charge on any atom is 0.231 e. The zero-order chi connectivity index (χ0) is 22.6. The van der Waals surface area contributed by atoms with Gasteiger partial charge in [0.15, 0.2) is 11.5 Å². The van der Waals surface area contributed by atoms with Gasteiger partial charge in [-0.1, -0.05) is 25.0 Å². The van der Waals surface area contributed by atoms with Crippen molar-refractivity contribution in [1.82, 2.24) is 9.80 Å². The molecule has 3 heterocycles. The van der Waals surface area contributed by atoms with Crippen LogP contribution in [0.3, 0.4) is 0 Å². The Morgan fingerprint density at radius 1 is 0.909 bits per heavy atom. The number of piperidine rings is 2. The lowest BCUT2D eigenvalue weighted by Crippen LogP contribution is -2.35. The van der Waals surface area contributed by atoms with Gasteiger partial charge in [0, 0.05) is 17.9 Å². The van der Waals surface area contributed by atoms with Crippen LogP contribution < -0.4 is 9.47 Å². The average Bonchev–Trinajstić information content (AvgIpc) is 3.34. The van der Waals surface area contributed by atoms with Crippen LogP contribution in [0, 0.1) is 17.8 Å². The van der Waals surface area contributed by atoms with Crippen molar-refractivity contribution in [2.45, 2.75) is 70.1 Å². The Morgan fingerprint density at radius 2 is 1.64 bits per heavy atom. The molecule has 4 aliphatic rings. The molecule has 1 aromatic rings. The number of carbonyl (C=O) groups is 1. The predicted octanol–water partition coefficient (Wildman–Crippen LogP) is 5.09. The lowest BCUT2D eigenvalue weighted by molar-refractivity contribution is -0.125. The molecule has 0 spiro atoms. The SMILES string of the molecule is CN1CCC(C(=O)CC2CCC(CCN3CCC(c4cccc5c4OCO5)CC3)CC2)CC1. The lowest BCUT2D eigenvalue weighted by atomic mass is 9.76. The summed E-state index contributed by atoms with van der Waals surface area (Å²) in [6.07, 6.45) is 12.0. The molecule has 5 rings (SSSR count). The number of ether oxygens (including phenoxy) is 2. The Kier molecular flexibility index (Phi) is 7.56. The summed E-state index contributed by atoms with van der Waals surface area (Å²) in [7, 11) is 2.17. The lowest BCUT2D eigenvalue weighted by Gasteiger charge is -2.35. The molecule has 33 heavy (non-hydrogen) atoms. The number of ketones is 1. The van der Waals surface area contributed by atoms with E-state index < -0.39 is 0 Å². The van der Waals surface area contributed by atoms with Gasteiger partial charge in [0.2, 0.25) is 6.79 Å². The van der Waals surface area contributed by atoms with Crippen LogP contribution in [0.25, 0.3) is 0 Å². The zero-order valence-corrected chi connectivity index (χ0v) is 20.5. The Morgan fingerprint density at radius 3 is 2.39 bits per heavy atom. The molecule has 1 saturated carbocycles. The monoisotopic (exact) mass is 454 g/mol. The highest BCUT2D eigenvalue weighted by atomic mass is 16.7. The second kappa shape index (κ2) is 10.8. The Balaban J connectivity index is 0.993. The van der Waals surface area contributed by atoms with Gasteiger partial charge in [0.05, 0.1) is 0 Å². The van der Waals surface area contributed by atoms with Gasteiger partial charge < -0.3 is 19.3 Å². The molecule has 1 aliphatic carbocycles. The summed E-state index contributed by atoms with van der Waals surface area (Å²) < 4.78 is 11.3. The number of benzene rings is 1. The van der Waals surface area contributed by atoms with Gasteiger partial charge in [-0.05, 0) is 109 Å². The molecule has 5 heteroatoms. The highest BCUT2D eigenvalue weighted by molar-refractivity contribution is 5.81. The van der Waals surface area contributed by atoms with Crippen LogP contribution >= 0.6 is 0 Å². The number of rotatable bonds is 7. The van der Waals surface area contributed by atoms with Gasteiger partial charge in [-0.2, -0.15) is 0 Å². The number of carbonyl (C=O) groups excluding carboxylic acids is 1. The van der Waals surface area contributed by atoms with Crippen LogP contribution in [0.1, 0.15) is 75.7 Å². The van der Waals surface area contributed by atoms with Crippen molar-refractivity contribution >= 4 is 5.78 Å². The predicted molar refractivity (Wildman–Crippen MR) is 131 cm³/mol. The van der Waals surface area contributed by atoms with E-state index in [4.69, 9.17) is 9.47 Å². The molecule has 0 N–H and O–H groups in total. The van der Waals surface area contributed by atoms with Crippen LogP contribution in [0.5, 0.6) is 11.5 Å². The second-order valence-electron chi connectivity index (χ2n) is 11.1. The topological polar surface area (TPSA) is 42.0 Å². The number of fused-ring (bicyclic) bond motifs is 1. The van der Waals surface area contributed by atoms with Crippen molar-refractivity contribution in [3.63, 3.8) is 0 Å². The molecular weight excluding hydrogens is 412 g/mol. The fourth-order valence-corrected chi connectivity index (χ4v) is 6.61. The van der Waals surface area contributed by atoms with Gasteiger partial charge in [-0.15, -0.1) is 0 Å². The van der Waals surface area contributed by atoms with Crippen molar-refractivity contribution < 1.29 is 14.3 Å². The van der Waals surface area contributed by atoms with E-state index in [1.165, 1.54) is 70.1 Å². The van der Waals surface area contributed by atoms with Gasteiger partial charge in [0.1, 0.15) is 5.78 Å². The number of nitrogens with zero attached hydrogens (tertiary/aromatic N) is 2. The number of likely N-dealkylation sites (tertiary alicyclic amines) is 2. The number of para-hydroxylation sites is 1. The van der Waals surface area contributed by atoms with Crippen molar-refractivity contribution in [3.05, 3.63) is 23.8 Å². The van der Waals surface area contributed by atoms with Gasteiger partial charge in [-0.3, -0.25) is 4.79 Å². The number of hydrogen-bond acceptors (Lipinski definition) is 5. The first-order valence-electron chi connectivity index (χ1n) is 13.5. The normalized spacial score (nSPS) is 27.7. The van der Waals surface area contributed by atoms with Crippen LogP contribution in [0.2, 0.25) is 0 Å². The highest BCUT2D eigenvalue weighted by Gasteiger charge is 2.30. The van der Waals surface area contributed by atoms with E-state index in [0.717, 1.165) is 49.8 Å². The molecule has 2 saturated heterocycles. The molecule has 0 amide bonds. The quantitative estimate of drug-likeness (QED) is 0.574. The zero-order valence-electron chi connectivity index (χ0n) is 20.5. The maximum atomic E-state index is 12.7. The molecule has 0 atom stereocenters. The summed E-state index contributed by atoms with van der Waals surface area (Å²) >= 11 is 0. The summed E-state index contributed by atoms with van der Waals surface area (Å²) in [6, 6.07) is 6.34. The van der Waals surface area contributed by atoms with Crippen molar-refractivity contribution in [2.24, 2.45) is 17.8 Å². The van der Waals surface area contributed by atoms with Crippen LogP contribution in [-0.2, 0) is 4.79 Å². The molecule has 0 bridgehead atoms. The van der Waals surface area contributed by atoms with Crippen molar-refractivity contribution in [3.8, 4) is 11.5 Å². The molecule has 0 aromatic heterocycles. The summed E-state index contributed by atoms with van der Waals surface area (Å²) in [5, 5.41) is 0. The first kappa shape index (κ1) is 23.2. The first-order valence-corrected chi connectivity index (χ1v) is 13.5. The minimum atomic E-state index is 0.345. The van der Waals surface area contributed by atoms with E-state index in [2.05, 4.69) is 29.0 Å². The third-order valence-corrected chi connectivity index (χ3v) is 8.94. The molecule has 1 aromatic carbocycles. The van der Waals surface area contributed by atoms with Crippen LogP contribution in [-0.4, -0.2) is 62.1 Å². The second-order valence-corrected chi connectivity index (χ2v) is 11.1. The molecule has 3 fully saturated rings. The number of hydrogen-bond donors (Lipinski definition) is 0. The third kappa shape index (κ3) is 5.74. The molecule has 0 radical (unpaired) electrons. The smallest absolute Gasteiger partial charge is 0.231 e. The Labute approximate surface area is 199 Å². The third-order valence-electron chi connectivity index (χ3n) is 8.94.